The molecular formula is C19H30N2. The van der Waals surface area contributed by atoms with Crippen LogP contribution in [0.4, 0.5) is 0 Å². The van der Waals surface area contributed by atoms with E-state index in [4.69, 9.17) is 0 Å². The predicted molar refractivity (Wildman–Crippen MR) is 92.7 cm³/mol. The van der Waals surface area contributed by atoms with Crippen molar-refractivity contribution in [1.29, 1.82) is 0 Å². The molecule has 0 amide bonds. The molecule has 1 aromatic heterocycles. The Bertz CT molecular complexity index is 527. The Balaban J connectivity index is 1.90. The quantitative estimate of drug-likeness (QED) is 0.600. The SMILES string of the molecule is CCCCCCCCn1ccc2ccc(CNCC)cc21. The third-order valence-corrected chi connectivity index (χ3v) is 4.17. The minimum Gasteiger partial charge on any atom is -0.347 e. The van der Waals surface area contributed by atoms with E-state index in [-0.39, 0.29) is 0 Å². The summed E-state index contributed by atoms with van der Waals surface area (Å²) in [5, 5.41) is 4.77. The van der Waals surface area contributed by atoms with Crippen LogP contribution in [0.2, 0.25) is 0 Å². The standard InChI is InChI=1S/C19H30N2/c1-3-5-6-7-8-9-13-21-14-12-18-11-10-17(15-19(18)21)16-20-4-2/h10-12,14-15,20H,3-9,13,16H2,1-2H3. The Morgan fingerprint density at radius 3 is 2.57 bits per heavy atom. The molecule has 1 N–H and O–H groups in total. The summed E-state index contributed by atoms with van der Waals surface area (Å²) in [5.41, 5.74) is 2.77. The van der Waals surface area contributed by atoms with Crippen molar-refractivity contribution in [3.05, 3.63) is 36.0 Å². The molecule has 1 heterocycles. The van der Waals surface area contributed by atoms with Crippen molar-refractivity contribution in [2.24, 2.45) is 0 Å². The second kappa shape index (κ2) is 8.89. The zero-order valence-corrected chi connectivity index (χ0v) is 13.7. The fourth-order valence-electron chi connectivity index (χ4n) is 2.87. The summed E-state index contributed by atoms with van der Waals surface area (Å²) in [7, 11) is 0. The second-order valence-corrected chi connectivity index (χ2v) is 5.95. The van der Waals surface area contributed by atoms with E-state index in [2.05, 4.69) is 54.2 Å². The van der Waals surface area contributed by atoms with Gasteiger partial charge in [0.25, 0.3) is 0 Å². The van der Waals surface area contributed by atoms with Crippen molar-refractivity contribution < 1.29 is 0 Å². The molecule has 0 spiro atoms. The van der Waals surface area contributed by atoms with Gasteiger partial charge in [-0.3, -0.25) is 0 Å². The number of hydrogen-bond donors (Lipinski definition) is 1. The van der Waals surface area contributed by atoms with Crippen LogP contribution in [0.1, 0.15) is 57.9 Å². The van der Waals surface area contributed by atoms with Gasteiger partial charge in [0.15, 0.2) is 0 Å². The van der Waals surface area contributed by atoms with Gasteiger partial charge in [0.2, 0.25) is 0 Å². The summed E-state index contributed by atoms with van der Waals surface area (Å²) in [5.74, 6) is 0. The molecular weight excluding hydrogens is 256 g/mol. The van der Waals surface area contributed by atoms with E-state index < -0.39 is 0 Å². The van der Waals surface area contributed by atoms with Crippen LogP contribution < -0.4 is 5.32 Å². The van der Waals surface area contributed by atoms with Crippen LogP contribution in [0, 0.1) is 0 Å². The van der Waals surface area contributed by atoms with E-state index in [9.17, 15) is 0 Å². The Labute approximate surface area is 129 Å². The zero-order chi connectivity index (χ0) is 14.9. The lowest BCUT2D eigenvalue weighted by molar-refractivity contribution is 0.565. The highest BCUT2D eigenvalue weighted by Crippen LogP contribution is 2.19. The summed E-state index contributed by atoms with van der Waals surface area (Å²) in [6, 6.07) is 9.07. The fraction of sp³-hybridized carbons (Fsp3) is 0.579. The summed E-state index contributed by atoms with van der Waals surface area (Å²) in [6.45, 7) is 7.57. The van der Waals surface area contributed by atoms with E-state index in [0.29, 0.717) is 0 Å². The van der Waals surface area contributed by atoms with E-state index >= 15 is 0 Å². The van der Waals surface area contributed by atoms with Crippen molar-refractivity contribution in [1.82, 2.24) is 9.88 Å². The number of nitrogens with zero attached hydrogens (tertiary/aromatic N) is 1. The average molecular weight is 286 g/mol. The summed E-state index contributed by atoms with van der Waals surface area (Å²) >= 11 is 0. The van der Waals surface area contributed by atoms with Crippen molar-refractivity contribution in [3.63, 3.8) is 0 Å². The molecule has 2 heteroatoms. The summed E-state index contributed by atoms with van der Waals surface area (Å²) < 4.78 is 2.42. The number of nitrogens with one attached hydrogen (secondary N) is 1. The average Bonchev–Trinajstić information content (AvgIpc) is 2.91. The molecule has 0 saturated heterocycles. The minimum atomic E-state index is 0.967. The van der Waals surface area contributed by atoms with Crippen LogP contribution in [-0.4, -0.2) is 11.1 Å². The molecule has 0 radical (unpaired) electrons. The van der Waals surface area contributed by atoms with Gasteiger partial charge in [-0.2, -0.15) is 0 Å². The largest absolute Gasteiger partial charge is 0.347 e. The number of aromatic nitrogens is 1. The van der Waals surface area contributed by atoms with E-state index in [1.165, 1.54) is 55.0 Å². The van der Waals surface area contributed by atoms with Crippen LogP contribution in [0.3, 0.4) is 0 Å². The lowest BCUT2D eigenvalue weighted by Gasteiger charge is -2.07. The van der Waals surface area contributed by atoms with Gasteiger partial charge >= 0.3 is 0 Å². The number of fused-ring (bicyclic) bond motifs is 1. The number of unbranched alkanes of at least 4 members (excludes halogenated alkanes) is 5. The van der Waals surface area contributed by atoms with Gasteiger partial charge in [-0.05, 0) is 36.0 Å². The van der Waals surface area contributed by atoms with Crippen molar-refractivity contribution >= 4 is 10.9 Å². The third-order valence-electron chi connectivity index (χ3n) is 4.17. The molecule has 0 fully saturated rings. The first-order valence-electron chi connectivity index (χ1n) is 8.63. The maximum absolute atomic E-state index is 3.40. The van der Waals surface area contributed by atoms with Crippen LogP contribution in [-0.2, 0) is 13.1 Å². The van der Waals surface area contributed by atoms with Gasteiger partial charge in [-0.15, -0.1) is 0 Å². The topological polar surface area (TPSA) is 17.0 Å². The minimum absolute atomic E-state index is 0.967. The molecule has 1 aromatic carbocycles. The van der Waals surface area contributed by atoms with Gasteiger partial charge in [0.05, 0.1) is 0 Å². The Kier molecular flexibility index (Phi) is 6.81. The van der Waals surface area contributed by atoms with E-state index in [1.807, 2.05) is 0 Å². The van der Waals surface area contributed by atoms with Crippen LogP contribution in [0.25, 0.3) is 10.9 Å². The maximum atomic E-state index is 3.40. The number of rotatable bonds is 10. The maximum Gasteiger partial charge on any atom is 0.0483 e. The summed E-state index contributed by atoms with van der Waals surface area (Å²) in [4.78, 5) is 0. The second-order valence-electron chi connectivity index (χ2n) is 5.95. The first kappa shape index (κ1) is 16.1. The van der Waals surface area contributed by atoms with Crippen molar-refractivity contribution in [3.8, 4) is 0 Å². The molecule has 0 unspecified atom stereocenters. The Morgan fingerprint density at radius 2 is 1.76 bits per heavy atom. The number of aryl methyl sites for hydroxylation is 1. The molecule has 0 atom stereocenters. The third kappa shape index (κ3) is 4.89. The molecule has 0 aliphatic heterocycles. The normalized spacial score (nSPS) is 11.3. The number of hydrogen-bond acceptors (Lipinski definition) is 1. The molecule has 21 heavy (non-hydrogen) atoms. The summed E-state index contributed by atoms with van der Waals surface area (Å²) in [6.07, 6.45) is 10.4. The molecule has 2 rings (SSSR count). The molecule has 116 valence electrons. The Hall–Kier alpha value is -1.28. The lowest BCUT2D eigenvalue weighted by atomic mass is 10.1. The molecule has 0 bridgehead atoms. The van der Waals surface area contributed by atoms with Crippen LogP contribution >= 0.6 is 0 Å². The van der Waals surface area contributed by atoms with Gasteiger partial charge in [-0.1, -0.05) is 58.1 Å². The lowest BCUT2D eigenvalue weighted by Crippen LogP contribution is -2.11. The first-order valence-corrected chi connectivity index (χ1v) is 8.63. The van der Waals surface area contributed by atoms with Gasteiger partial charge in [0.1, 0.15) is 0 Å². The van der Waals surface area contributed by atoms with Crippen LogP contribution in [0.5, 0.6) is 0 Å². The van der Waals surface area contributed by atoms with Crippen LogP contribution in [0.15, 0.2) is 30.5 Å². The molecule has 0 saturated carbocycles. The van der Waals surface area contributed by atoms with Gasteiger partial charge in [-0.25, -0.2) is 0 Å². The van der Waals surface area contributed by atoms with E-state index in [1.54, 1.807) is 0 Å². The smallest absolute Gasteiger partial charge is 0.0483 e. The Morgan fingerprint density at radius 1 is 0.952 bits per heavy atom. The highest BCUT2D eigenvalue weighted by molar-refractivity contribution is 5.80. The molecule has 0 aliphatic rings. The van der Waals surface area contributed by atoms with Crippen molar-refractivity contribution in [2.75, 3.05) is 6.54 Å². The molecule has 2 nitrogen and oxygen atoms in total. The highest BCUT2D eigenvalue weighted by Gasteiger charge is 2.02. The monoisotopic (exact) mass is 286 g/mol. The fourth-order valence-corrected chi connectivity index (χ4v) is 2.87. The predicted octanol–water partition coefficient (Wildman–Crippen LogP) is 5.11. The van der Waals surface area contributed by atoms with E-state index in [0.717, 1.165) is 19.6 Å². The molecule has 0 aliphatic carbocycles. The van der Waals surface area contributed by atoms with Gasteiger partial charge < -0.3 is 9.88 Å². The zero-order valence-electron chi connectivity index (χ0n) is 13.7. The van der Waals surface area contributed by atoms with Gasteiger partial charge in [0, 0.05) is 24.8 Å². The first-order chi connectivity index (χ1) is 10.3. The molecule has 2 aromatic rings. The number of benzene rings is 1. The highest BCUT2D eigenvalue weighted by atomic mass is 14.9. The van der Waals surface area contributed by atoms with Crippen molar-refractivity contribution in [2.45, 2.75) is 65.5 Å².